The normalized spacial score (nSPS) is 19.9. The second-order valence-corrected chi connectivity index (χ2v) is 4.64. The van der Waals surface area contributed by atoms with E-state index < -0.39 is 42.8 Å². The first-order chi connectivity index (χ1) is 8.41. The lowest BCUT2D eigenvalue weighted by Crippen LogP contribution is -2.40. The number of aliphatic hydroxyl groups excluding tert-OH is 2. The van der Waals surface area contributed by atoms with E-state index >= 15 is 0 Å². The summed E-state index contributed by atoms with van der Waals surface area (Å²) in [5, 5.41) is 18.6. The van der Waals surface area contributed by atoms with Crippen molar-refractivity contribution in [3.05, 3.63) is 0 Å². The topological polar surface area (TPSA) is 40.5 Å². The average Bonchev–Trinajstić information content (AvgIpc) is 2.21. The van der Waals surface area contributed by atoms with Crippen molar-refractivity contribution in [1.82, 2.24) is 0 Å². The molecule has 0 saturated carbocycles. The first kappa shape index (κ1) is 18.5. The zero-order valence-corrected chi connectivity index (χ0v) is 10.6. The van der Waals surface area contributed by atoms with E-state index in [-0.39, 0.29) is 12.8 Å². The Hall–Kier alpha value is -0.500. The predicted octanol–water partition coefficient (Wildman–Crippen LogP) is 3.28. The SMILES string of the molecule is CCCC(O)C(CC(O)C(C)C(F)(F)F)C(F)(F)F. The van der Waals surface area contributed by atoms with Gasteiger partial charge < -0.3 is 10.2 Å². The number of alkyl halides is 6. The van der Waals surface area contributed by atoms with Gasteiger partial charge in [-0.15, -0.1) is 0 Å². The third-order valence-corrected chi connectivity index (χ3v) is 3.06. The molecule has 0 aromatic heterocycles. The summed E-state index contributed by atoms with van der Waals surface area (Å²) in [6, 6.07) is 0. The average molecular weight is 296 g/mol. The summed E-state index contributed by atoms with van der Waals surface area (Å²) in [5.74, 6) is -4.63. The first-order valence-electron chi connectivity index (χ1n) is 5.90. The summed E-state index contributed by atoms with van der Waals surface area (Å²) in [6.45, 7) is 2.16. The van der Waals surface area contributed by atoms with E-state index in [0.29, 0.717) is 6.92 Å². The summed E-state index contributed by atoms with van der Waals surface area (Å²) in [5.41, 5.74) is 0. The molecular weight excluding hydrogens is 278 g/mol. The van der Waals surface area contributed by atoms with Crippen LogP contribution in [0.5, 0.6) is 0 Å². The van der Waals surface area contributed by atoms with E-state index in [4.69, 9.17) is 0 Å². The lowest BCUT2D eigenvalue weighted by molar-refractivity contribution is -0.227. The molecule has 0 heterocycles. The van der Waals surface area contributed by atoms with Crippen LogP contribution in [0.2, 0.25) is 0 Å². The zero-order chi connectivity index (χ0) is 15.4. The van der Waals surface area contributed by atoms with Crippen LogP contribution in [0, 0.1) is 11.8 Å². The van der Waals surface area contributed by atoms with Crippen LogP contribution in [0.15, 0.2) is 0 Å². The fraction of sp³-hybridized carbons (Fsp3) is 1.00. The molecule has 0 aliphatic rings. The van der Waals surface area contributed by atoms with Crippen molar-refractivity contribution in [2.24, 2.45) is 11.8 Å². The van der Waals surface area contributed by atoms with E-state index in [0.717, 1.165) is 0 Å². The van der Waals surface area contributed by atoms with Crippen molar-refractivity contribution in [1.29, 1.82) is 0 Å². The van der Waals surface area contributed by atoms with E-state index in [1.165, 1.54) is 0 Å². The van der Waals surface area contributed by atoms with Gasteiger partial charge in [0.2, 0.25) is 0 Å². The van der Waals surface area contributed by atoms with Gasteiger partial charge in [-0.3, -0.25) is 0 Å². The summed E-state index contributed by atoms with van der Waals surface area (Å²) < 4.78 is 74.9. The van der Waals surface area contributed by atoms with Crippen LogP contribution < -0.4 is 0 Å². The minimum atomic E-state index is -4.85. The summed E-state index contributed by atoms with van der Waals surface area (Å²) >= 11 is 0. The van der Waals surface area contributed by atoms with E-state index in [1.807, 2.05) is 0 Å². The highest BCUT2D eigenvalue weighted by Crippen LogP contribution is 2.37. The van der Waals surface area contributed by atoms with Crippen LogP contribution in [0.3, 0.4) is 0 Å². The van der Waals surface area contributed by atoms with Gasteiger partial charge in [-0.25, -0.2) is 0 Å². The second-order valence-electron chi connectivity index (χ2n) is 4.64. The maximum atomic E-state index is 12.7. The molecule has 4 atom stereocenters. The Bertz CT molecular complexity index is 263. The van der Waals surface area contributed by atoms with Crippen molar-refractivity contribution >= 4 is 0 Å². The van der Waals surface area contributed by atoms with Gasteiger partial charge in [-0.1, -0.05) is 20.3 Å². The zero-order valence-electron chi connectivity index (χ0n) is 10.6. The lowest BCUT2D eigenvalue weighted by atomic mass is 9.88. The summed E-state index contributed by atoms with van der Waals surface area (Å²) in [6.07, 6.45) is -14.7. The van der Waals surface area contributed by atoms with Crippen molar-refractivity contribution in [2.75, 3.05) is 0 Å². The number of hydrogen-bond acceptors (Lipinski definition) is 2. The minimum Gasteiger partial charge on any atom is -0.392 e. The Labute approximate surface area is 107 Å². The highest BCUT2D eigenvalue weighted by atomic mass is 19.4. The smallest absolute Gasteiger partial charge is 0.392 e. The number of aliphatic hydroxyl groups is 2. The Kier molecular flexibility index (Phi) is 6.61. The Morgan fingerprint density at radius 1 is 0.895 bits per heavy atom. The van der Waals surface area contributed by atoms with Gasteiger partial charge in [0.25, 0.3) is 0 Å². The monoisotopic (exact) mass is 296 g/mol. The molecule has 0 rings (SSSR count). The molecule has 0 radical (unpaired) electrons. The maximum Gasteiger partial charge on any atom is 0.394 e. The molecule has 116 valence electrons. The Balaban J connectivity index is 4.84. The molecule has 0 amide bonds. The van der Waals surface area contributed by atoms with Crippen molar-refractivity contribution in [2.45, 2.75) is 57.7 Å². The molecule has 2 nitrogen and oxygen atoms in total. The molecule has 0 fully saturated rings. The molecule has 8 heteroatoms. The van der Waals surface area contributed by atoms with E-state index in [1.54, 1.807) is 6.92 Å². The fourth-order valence-electron chi connectivity index (χ4n) is 1.69. The van der Waals surface area contributed by atoms with E-state index in [9.17, 15) is 36.6 Å². The lowest BCUT2D eigenvalue weighted by Gasteiger charge is -2.30. The van der Waals surface area contributed by atoms with Gasteiger partial charge in [0.15, 0.2) is 0 Å². The molecule has 0 aliphatic carbocycles. The van der Waals surface area contributed by atoms with Crippen molar-refractivity contribution in [3.63, 3.8) is 0 Å². The van der Waals surface area contributed by atoms with Crippen LogP contribution in [-0.2, 0) is 0 Å². The fourth-order valence-corrected chi connectivity index (χ4v) is 1.69. The molecule has 0 aliphatic heterocycles. The third-order valence-electron chi connectivity index (χ3n) is 3.06. The molecule has 0 bridgehead atoms. The molecule has 0 saturated heterocycles. The Morgan fingerprint density at radius 2 is 1.37 bits per heavy atom. The van der Waals surface area contributed by atoms with Crippen LogP contribution in [0.4, 0.5) is 26.3 Å². The molecule has 19 heavy (non-hydrogen) atoms. The van der Waals surface area contributed by atoms with Gasteiger partial charge in [0.05, 0.1) is 24.0 Å². The van der Waals surface area contributed by atoms with Gasteiger partial charge >= 0.3 is 12.4 Å². The van der Waals surface area contributed by atoms with E-state index in [2.05, 4.69) is 0 Å². The van der Waals surface area contributed by atoms with Crippen LogP contribution in [-0.4, -0.2) is 34.8 Å². The highest BCUT2D eigenvalue weighted by molar-refractivity contribution is 4.82. The first-order valence-corrected chi connectivity index (χ1v) is 5.90. The molecule has 2 N–H and O–H groups in total. The van der Waals surface area contributed by atoms with Gasteiger partial charge in [0.1, 0.15) is 0 Å². The molecular formula is C11H18F6O2. The van der Waals surface area contributed by atoms with Crippen molar-refractivity contribution in [3.8, 4) is 0 Å². The molecule has 0 aromatic rings. The van der Waals surface area contributed by atoms with Gasteiger partial charge in [-0.2, -0.15) is 26.3 Å². The molecule has 0 spiro atoms. The summed E-state index contributed by atoms with van der Waals surface area (Å²) in [4.78, 5) is 0. The minimum absolute atomic E-state index is 0.183. The maximum absolute atomic E-state index is 12.7. The second kappa shape index (κ2) is 6.78. The number of halogens is 6. The molecule has 4 unspecified atom stereocenters. The molecule has 0 aromatic carbocycles. The van der Waals surface area contributed by atoms with Gasteiger partial charge in [0, 0.05) is 0 Å². The largest absolute Gasteiger partial charge is 0.394 e. The van der Waals surface area contributed by atoms with Crippen LogP contribution in [0.25, 0.3) is 0 Å². The van der Waals surface area contributed by atoms with Crippen LogP contribution in [0.1, 0.15) is 33.1 Å². The predicted molar refractivity (Wildman–Crippen MR) is 56.3 cm³/mol. The van der Waals surface area contributed by atoms with Gasteiger partial charge in [-0.05, 0) is 12.8 Å². The van der Waals surface area contributed by atoms with Crippen LogP contribution >= 0.6 is 0 Å². The Morgan fingerprint density at radius 3 is 1.68 bits per heavy atom. The number of rotatable bonds is 6. The standard InChI is InChI=1S/C11H18F6O2/c1-3-4-8(18)7(11(15,16)17)5-9(19)6(2)10(12,13)14/h6-9,18-19H,3-5H2,1-2H3. The summed E-state index contributed by atoms with van der Waals surface area (Å²) in [7, 11) is 0. The number of hydrogen-bond donors (Lipinski definition) is 2. The third kappa shape index (κ3) is 5.99. The highest BCUT2D eigenvalue weighted by Gasteiger charge is 2.48. The quantitative estimate of drug-likeness (QED) is 0.739. The van der Waals surface area contributed by atoms with Crippen molar-refractivity contribution < 1.29 is 36.6 Å².